The molecule has 1 nitrogen and oxygen atoms in total. The summed E-state index contributed by atoms with van der Waals surface area (Å²) in [6, 6.07) is 2.17. The Morgan fingerprint density at radius 3 is 2.88 bits per heavy atom. The van der Waals surface area contributed by atoms with Gasteiger partial charge in [0.25, 0.3) is 0 Å². The summed E-state index contributed by atoms with van der Waals surface area (Å²) in [5.74, 6) is 0.530. The van der Waals surface area contributed by atoms with Crippen LogP contribution in [-0.2, 0) is 12.8 Å². The van der Waals surface area contributed by atoms with Gasteiger partial charge in [-0.25, -0.2) is 0 Å². The molecule has 1 aliphatic rings. The molecule has 1 aromatic rings. The van der Waals surface area contributed by atoms with E-state index in [0.717, 1.165) is 11.3 Å². The van der Waals surface area contributed by atoms with Gasteiger partial charge in [-0.3, -0.25) is 4.79 Å². The lowest BCUT2D eigenvalue weighted by atomic mass is 10.0. The number of rotatable bonds is 3. The van der Waals surface area contributed by atoms with Crippen molar-refractivity contribution in [1.29, 1.82) is 0 Å². The number of carbonyl (C=O) groups excluding carboxylic acids is 1. The van der Waals surface area contributed by atoms with Gasteiger partial charge < -0.3 is 0 Å². The lowest BCUT2D eigenvalue weighted by Gasteiger charge is -2.04. The highest BCUT2D eigenvalue weighted by molar-refractivity contribution is 7.14. The SMILES string of the molecule is CCC(C)C(=O)c1cc2c(s1)CCCCC2. The Morgan fingerprint density at radius 2 is 2.12 bits per heavy atom. The summed E-state index contributed by atoms with van der Waals surface area (Å²) in [5, 5.41) is 0. The average molecular weight is 236 g/mol. The molecular formula is C14H20OS. The maximum atomic E-state index is 12.1. The Balaban J connectivity index is 2.21. The van der Waals surface area contributed by atoms with Gasteiger partial charge in [0.15, 0.2) is 5.78 Å². The molecule has 16 heavy (non-hydrogen) atoms. The van der Waals surface area contributed by atoms with E-state index in [1.54, 1.807) is 11.3 Å². The van der Waals surface area contributed by atoms with E-state index in [9.17, 15) is 4.79 Å². The van der Waals surface area contributed by atoms with Crippen molar-refractivity contribution in [2.45, 2.75) is 52.4 Å². The second-order valence-corrected chi connectivity index (χ2v) is 5.93. The number of ketones is 1. The minimum absolute atomic E-state index is 0.183. The molecule has 1 heterocycles. The van der Waals surface area contributed by atoms with E-state index in [4.69, 9.17) is 0 Å². The van der Waals surface area contributed by atoms with Crippen LogP contribution < -0.4 is 0 Å². The molecule has 0 saturated carbocycles. The zero-order chi connectivity index (χ0) is 11.5. The zero-order valence-electron chi connectivity index (χ0n) is 10.2. The lowest BCUT2D eigenvalue weighted by Crippen LogP contribution is -2.08. The molecule has 0 saturated heterocycles. The molecule has 1 aliphatic carbocycles. The van der Waals surface area contributed by atoms with Crippen LogP contribution in [0.2, 0.25) is 0 Å². The van der Waals surface area contributed by atoms with Crippen LogP contribution in [-0.4, -0.2) is 5.78 Å². The van der Waals surface area contributed by atoms with E-state index in [1.165, 1.54) is 42.5 Å². The molecular weight excluding hydrogens is 216 g/mol. The second kappa shape index (κ2) is 5.13. The van der Waals surface area contributed by atoms with Crippen LogP contribution in [0.25, 0.3) is 0 Å². The minimum atomic E-state index is 0.183. The molecule has 0 radical (unpaired) electrons. The predicted octanol–water partition coefficient (Wildman–Crippen LogP) is 4.25. The highest BCUT2D eigenvalue weighted by Gasteiger charge is 2.19. The zero-order valence-corrected chi connectivity index (χ0v) is 11.0. The van der Waals surface area contributed by atoms with Crippen molar-refractivity contribution in [3.63, 3.8) is 0 Å². The summed E-state index contributed by atoms with van der Waals surface area (Å²) in [6.45, 7) is 4.12. The van der Waals surface area contributed by atoms with Gasteiger partial charge in [0.05, 0.1) is 4.88 Å². The van der Waals surface area contributed by atoms with E-state index in [2.05, 4.69) is 13.0 Å². The van der Waals surface area contributed by atoms with Crippen molar-refractivity contribution in [1.82, 2.24) is 0 Å². The standard InChI is InChI=1S/C14H20OS/c1-3-10(2)14(15)13-9-11-7-5-4-6-8-12(11)16-13/h9-10H,3-8H2,1-2H3. The quantitative estimate of drug-likeness (QED) is 0.566. The number of thiophene rings is 1. The van der Waals surface area contributed by atoms with Crippen LogP contribution in [0.5, 0.6) is 0 Å². The minimum Gasteiger partial charge on any atom is -0.293 e. The number of fused-ring (bicyclic) bond motifs is 1. The first-order chi connectivity index (χ1) is 7.72. The number of hydrogen-bond donors (Lipinski definition) is 0. The molecule has 0 bridgehead atoms. The summed E-state index contributed by atoms with van der Waals surface area (Å²) in [4.78, 5) is 14.6. The third-order valence-corrected chi connectivity index (χ3v) is 4.80. The van der Waals surface area contributed by atoms with Crippen LogP contribution in [0, 0.1) is 5.92 Å². The molecule has 0 spiro atoms. The van der Waals surface area contributed by atoms with E-state index in [1.807, 2.05) is 6.92 Å². The Hall–Kier alpha value is -0.630. The fraction of sp³-hybridized carbons (Fsp3) is 0.643. The summed E-state index contributed by atoms with van der Waals surface area (Å²) >= 11 is 1.75. The van der Waals surface area contributed by atoms with Gasteiger partial charge >= 0.3 is 0 Å². The average Bonchev–Trinajstić information content (AvgIpc) is 2.58. The normalized spacial score (nSPS) is 17.6. The summed E-state index contributed by atoms with van der Waals surface area (Å²) in [6.07, 6.45) is 7.25. The number of hydrogen-bond acceptors (Lipinski definition) is 2. The van der Waals surface area contributed by atoms with Crippen molar-refractivity contribution in [2.75, 3.05) is 0 Å². The van der Waals surface area contributed by atoms with Crippen molar-refractivity contribution in [3.05, 3.63) is 21.4 Å². The molecule has 2 heteroatoms. The third kappa shape index (κ3) is 2.37. The third-order valence-electron chi connectivity index (χ3n) is 3.55. The summed E-state index contributed by atoms with van der Waals surface area (Å²) < 4.78 is 0. The molecule has 1 aromatic heterocycles. The van der Waals surface area contributed by atoms with Crippen molar-refractivity contribution in [2.24, 2.45) is 5.92 Å². The Kier molecular flexibility index (Phi) is 3.80. The highest BCUT2D eigenvalue weighted by Crippen LogP contribution is 2.30. The van der Waals surface area contributed by atoms with Crippen LogP contribution in [0.4, 0.5) is 0 Å². The molecule has 1 unspecified atom stereocenters. The van der Waals surface area contributed by atoms with Gasteiger partial charge in [-0.05, 0) is 43.7 Å². The molecule has 0 aliphatic heterocycles. The maximum Gasteiger partial charge on any atom is 0.175 e. The van der Waals surface area contributed by atoms with E-state index in [0.29, 0.717) is 5.78 Å². The molecule has 88 valence electrons. The van der Waals surface area contributed by atoms with Crippen molar-refractivity contribution in [3.8, 4) is 0 Å². The topological polar surface area (TPSA) is 17.1 Å². The van der Waals surface area contributed by atoms with Gasteiger partial charge in [0.2, 0.25) is 0 Å². The molecule has 0 fully saturated rings. The first kappa shape index (κ1) is 11.8. The van der Waals surface area contributed by atoms with Crippen LogP contribution >= 0.6 is 11.3 Å². The monoisotopic (exact) mass is 236 g/mol. The molecule has 0 amide bonds. The first-order valence-corrected chi connectivity index (χ1v) is 7.19. The number of Topliss-reactive ketones (excluding diaryl/α,β-unsaturated/α-hetero) is 1. The first-order valence-electron chi connectivity index (χ1n) is 6.38. The van der Waals surface area contributed by atoms with Gasteiger partial charge in [0, 0.05) is 10.8 Å². The fourth-order valence-electron chi connectivity index (χ4n) is 2.22. The molecule has 0 aromatic carbocycles. The van der Waals surface area contributed by atoms with Gasteiger partial charge in [-0.2, -0.15) is 0 Å². The lowest BCUT2D eigenvalue weighted by molar-refractivity contribution is 0.0931. The highest BCUT2D eigenvalue weighted by atomic mass is 32.1. The second-order valence-electron chi connectivity index (χ2n) is 4.79. The Labute approximate surface area is 102 Å². The Bertz CT molecular complexity index is 355. The predicted molar refractivity (Wildman–Crippen MR) is 69.4 cm³/mol. The smallest absolute Gasteiger partial charge is 0.175 e. The van der Waals surface area contributed by atoms with Crippen LogP contribution in [0.3, 0.4) is 0 Å². The van der Waals surface area contributed by atoms with E-state index in [-0.39, 0.29) is 5.92 Å². The number of carbonyl (C=O) groups is 1. The fourth-order valence-corrected chi connectivity index (χ4v) is 3.52. The van der Waals surface area contributed by atoms with Gasteiger partial charge in [-0.15, -0.1) is 11.3 Å². The summed E-state index contributed by atoms with van der Waals surface area (Å²) in [7, 11) is 0. The van der Waals surface area contributed by atoms with Gasteiger partial charge in [-0.1, -0.05) is 20.3 Å². The van der Waals surface area contributed by atoms with Crippen LogP contribution in [0.1, 0.15) is 59.6 Å². The molecule has 0 N–H and O–H groups in total. The van der Waals surface area contributed by atoms with E-state index >= 15 is 0 Å². The summed E-state index contributed by atoms with van der Waals surface area (Å²) in [5.41, 5.74) is 1.45. The largest absolute Gasteiger partial charge is 0.293 e. The van der Waals surface area contributed by atoms with E-state index < -0.39 is 0 Å². The van der Waals surface area contributed by atoms with Crippen molar-refractivity contribution >= 4 is 17.1 Å². The number of aryl methyl sites for hydroxylation is 2. The Morgan fingerprint density at radius 1 is 1.38 bits per heavy atom. The van der Waals surface area contributed by atoms with Crippen LogP contribution in [0.15, 0.2) is 6.07 Å². The maximum absolute atomic E-state index is 12.1. The molecule has 1 atom stereocenters. The van der Waals surface area contributed by atoms with Crippen molar-refractivity contribution < 1.29 is 4.79 Å². The van der Waals surface area contributed by atoms with Gasteiger partial charge in [0.1, 0.15) is 0 Å². The molecule has 2 rings (SSSR count).